The Morgan fingerprint density at radius 2 is 1.95 bits per heavy atom. The van der Waals surface area contributed by atoms with Gasteiger partial charge in [0.15, 0.2) is 5.69 Å². The van der Waals surface area contributed by atoms with E-state index < -0.39 is 11.9 Å². The topological polar surface area (TPSA) is 49.8 Å². The summed E-state index contributed by atoms with van der Waals surface area (Å²) in [6, 6.07) is 4.82. The maximum Gasteiger partial charge on any atom is 0.433 e. The molecule has 0 fully saturated rings. The number of nitrogens with zero attached hydrogens (tertiary/aromatic N) is 2. The van der Waals surface area contributed by atoms with Gasteiger partial charge < -0.3 is 10.6 Å². The zero-order valence-electron chi connectivity index (χ0n) is 11.6. The Morgan fingerprint density at radius 3 is 2.52 bits per heavy atom. The lowest BCUT2D eigenvalue weighted by Gasteiger charge is -2.11. The second-order valence-electron chi connectivity index (χ2n) is 4.36. The zero-order chi connectivity index (χ0) is 15.5. The first-order chi connectivity index (χ1) is 9.88. The van der Waals surface area contributed by atoms with Crippen molar-refractivity contribution in [3.8, 4) is 0 Å². The highest BCUT2D eigenvalue weighted by Gasteiger charge is 2.33. The van der Waals surface area contributed by atoms with Crippen molar-refractivity contribution < 1.29 is 13.2 Å². The molecule has 0 aliphatic carbocycles. The zero-order valence-corrected chi connectivity index (χ0v) is 12.4. The SMILES string of the molecule is CCNc1nc(NCc2ccc(C)s2)cc(C(F)(F)F)n1. The second-order valence-corrected chi connectivity index (χ2v) is 5.73. The van der Waals surface area contributed by atoms with Gasteiger partial charge in [-0.05, 0) is 26.0 Å². The van der Waals surface area contributed by atoms with Crippen molar-refractivity contribution in [2.75, 3.05) is 17.2 Å². The van der Waals surface area contributed by atoms with E-state index in [1.807, 2.05) is 19.1 Å². The minimum absolute atomic E-state index is 0.0304. The Balaban J connectivity index is 2.19. The fourth-order valence-corrected chi connectivity index (χ4v) is 2.51. The second kappa shape index (κ2) is 6.30. The van der Waals surface area contributed by atoms with E-state index in [2.05, 4.69) is 20.6 Å². The molecule has 0 radical (unpaired) electrons. The summed E-state index contributed by atoms with van der Waals surface area (Å²) in [5.74, 6) is 0.122. The molecule has 0 unspecified atom stereocenters. The monoisotopic (exact) mass is 316 g/mol. The Labute approximate surface area is 124 Å². The molecule has 0 atom stereocenters. The smallest absolute Gasteiger partial charge is 0.365 e. The third-order valence-corrected chi connectivity index (χ3v) is 3.59. The molecule has 0 saturated heterocycles. The highest BCUT2D eigenvalue weighted by atomic mass is 32.1. The molecule has 0 aromatic carbocycles. The van der Waals surface area contributed by atoms with Gasteiger partial charge in [0, 0.05) is 22.4 Å². The number of halogens is 3. The molecular weight excluding hydrogens is 301 g/mol. The van der Waals surface area contributed by atoms with Crippen LogP contribution in [0.4, 0.5) is 24.9 Å². The quantitative estimate of drug-likeness (QED) is 0.878. The number of nitrogens with one attached hydrogen (secondary N) is 2. The minimum atomic E-state index is -4.50. The molecule has 114 valence electrons. The molecule has 2 N–H and O–H groups in total. The van der Waals surface area contributed by atoms with E-state index in [9.17, 15) is 13.2 Å². The number of anilines is 2. The van der Waals surface area contributed by atoms with Gasteiger partial charge in [-0.15, -0.1) is 11.3 Å². The van der Waals surface area contributed by atoms with Gasteiger partial charge in [0.25, 0.3) is 0 Å². The average molecular weight is 316 g/mol. The number of aromatic nitrogens is 2. The molecule has 0 aliphatic rings. The average Bonchev–Trinajstić information content (AvgIpc) is 2.81. The van der Waals surface area contributed by atoms with Gasteiger partial charge in [0.1, 0.15) is 5.82 Å². The van der Waals surface area contributed by atoms with Crippen LogP contribution in [0.2, 0.25) is 0 Å². The summed E-state index contributed by atoms with van der Waals surface area (Å²) in [5, 5.41) is 5.61. The van der Waals surface area contributed by atoms with Gasteiger partial charge >= 0.3 is 6.18 Å². The standard InChI is InChI=1S/C13H15F3N4S/c1-3-17-12-19-10(13(14,15)16)6-11(20-12)18-7-9-5-4-8(2)21-9/h4-6H,3,7H2,1-2H3,(H2,17,18,19,20). The van der Waals surface area contributed by atoms with E-state index in [0.717, 1.165) is 15.8 Å². The van der Waals surface area contributed by atoms with Crippen molar-refractivity contribution in [3.63, 3.8) is 0 Å². The number of thiophene rings is 1. The van der Waals surface area contributed by atoms with E-state index in [1.54, 1.807) is 18.3 Å². The summed E-state index contributed by atoms with van der Waals surface area (Å²) >= 11 is 1.59. The molecule has 0 aliphatic heterocycles. The molecule has 8 heteroatoms. The molecule has 2 aromatic heterocycles. The maximum absolute atomic E-state index is 12.8. The third-order valence-electron chi connectivity index (χ3n) is 2.59. The van der Waals surface area contributed by atoms with E-state index in [0.29, 0.717) is 13.1 Å². The van der Waals surface area contributed by atoms with E-state index >= 15 is 0 Å². The molecule has 0 spiro atoms. The van der Waals surface area contributed by atoms with Crippen molar-refractivity contribution in [1.29, 1.82) is 0 Å². The lowest BCUT2D eigenvalue weighted by atomic mass is 10.3. The fraction of sp³-hybridized carbons (Fsp3) is 0.385. The lowest BCUT2D eigenvalue weighted by Crippen LogP contribution is -2.14. The fourth-order valence-electron chi connectivity index (χ4n) is 1.68. The summed E-state index contributed by atoms with van der Waals surface area (Å²) < 4.78 is 38.4. The molecule has 2 aromatic rings. The molecule has 0 bridgehead atoms. The van der Waals surface area contributed by atoms with Crippen LogP contribution in [-0.4, -0.2) is 16.5 Å². The van der Waals surface area contributed by atoms with Crippen LogP contribution in [-0.2, 0) is 12.7 Å². The van der Waals surface area contributed by atoms with Gasteiger partial charge in [-0.25, -0.2) is 4.98 Å². The number of hydrogen-bond acceptors (Lipinski definition) is 5. The number of rotatable bonds is 5. The molecule has 0 amide bonds. The number of aryl methyl sites for hydroxylation is 1. The lowest BCUT2D eigenvalue weighted by molar-refractivity contribution is -0.141. The molecule has 4 nitrogen and oxygen atoms in total. The molecule has 2 rings (SSSR count). The maximum atomic E-state index is 12.8. The molecular formula is C13H15F3N4S. The highest BCUT2D eigenvalue weighted by molar-refractivity contribution is 7.11. The Hall–Kier alpha value is -1.83. The van der Waals surface area contributed by atoms with Crippen LogP contribution in [0.5, 0.6) is 0 Å². The Bertz CT molecular complexity index is 610. The first-order valence-corrected chi connectivity index (χ1v) is 7.19. The minimum Gasteiger partial charge on any atom is -0.365 e. The molecule has 0 saturated carbocycles. The van der Waals surface area contributed by atoms with Gasteiger partial charge in [0.05, 0.1) is 6.54 Å². The number of alkyl halides is 3. The van der Waals surface area contributed by atoms with Crippen molar-refractivity contribution in [2.45, 2.75) is 26.6 Å². The van der Waals surface area contributed by atoms with E-state index in [1.165, 1.54) is 0 Å². The third kappa shape index (κ3) is 4.32. The van der Waals surface area contributed by atoms with Crippen molar-refractivity contribution in [1.82, 2.24) is 9.97 Å². The van der Waals surface area contributed by atoms with Gasteiger partial charge in [0.2, 0.25) is 5.95 Å². The van der Waals surface area contributed by atoms with Crippen molar-refractivity contribution >= 4 is 23.1 Å². The predicted molar refractivity (Wildman–Crippen MR) is 77.6 cm³/mol. The van der Waals surface area contributed by atoms with Gasteiger partial charge in [-0.1, -0.05) is 0 Å². The van der Waals surface area contributed by atoms with Crippen LogP contribution in [0.25, 0.3) is 0 Å². The van der Waals surface area contributed by atoms with E-state index in [-0.39, 0.29) is 11.8 Å². The number of hydrogen-bond donors (Lipinski definition) is 2. The van der Waals surface area contributed by atoms with Crippen molar-refractivity contribution in [2.24, 2.45) is 0 Å². The normalized spacial score (nSPS) is 11.5. The van der Waals surface area contributed by atoms with Crippen LogP contribution in [0.15, 0.2) is 18.2 Å². The molecule has 2 heterocycles. The summed E-state index contributed by atoms with van der Waals surface area (Å²) in [6.07, 6.45) is -4.50. The van der Waals surface area contributed by atoms with E-state index in [4.69, 9.17) is 0 Å². The Morgan fingerprint density at radius 1 is 1.19 bits per heavy atom. The summed E-state index contributed by atoms with van der Waals surface area (Å²) in [6.45, 7) is 4.62. The first kappa shape index (κ1) is 15.6. The summed E-state index contributed by atoms with van der Waals surface area (Å²) in [5.41, 5.74) is -0.960. The van der Waals surface area contributed by atoms with Gasteiger partial charge in [-0.2, -0.15) is 18.2 Å². The van der Waals surface area contributed by atoms with Crippen LogP contribution in [0.1, 0.15) is 22.4 Å². The molecule has 21 heavy (non-hydrogen) atoms. The van der Waals surface area contributed by atoms with Crippen LogP contribution >= 0.6 is 11.3 Å². The highest BCUT2D eigenvalue weighted by Crippen LogP contribution is 2.29. The van der Waals surface area contributed by atoms with Crippen LogP contribution < -0.4 is 10.6 Å². The Kier molecular flexibility index (Phi) is 4.66. The summed E-state index contributed by atoms with van der Waals surface area (Å²) in [7, 11) is 0. The first-order valence-electron chi connectivity index (χ1n) is 6.38. The predicted octanol–water partition coefficient (Wildman–Crippen LogP) is 3.91. The largest absolute Gasteiger partial charge is 0.433 e. The van der Waals surface area contributed by atoms with Crippen LogP contribution in [0, 0.1) is 6.92 Å². The summed E-state index contributed by atoms with van der Waals surface area (Å²) in [4.78, 5) is 9.68. The van der Waals surface area contributed by atoms with Crippen LogP contribution in [0.3, 0.4) is 0 Å². The van der Waals surface area contributed by atoms with Gasteiger partial charge in [-0.3, -0.25) is 0 Å². The van der Waals surface area contributed by atoms with Crippen molar-refractivity contribution in [3.05, 3.63) is 33.6 Å².